The Labute approximate surface area is 126 Å². The largest absolute Gasteiger partial charge is 0.412 e. The van der Waals surface area contributed by atoms with Gasteiger partial charge in [-0.2, -0.15) is 5.90 Å². The van der Waals surface area contributed by atoms with Gasteiger partial charge in [0.1, 0.15) is 5.75 Å². The molecule has 3 nitrogen and oxygen atoms in total. The van der Waals surface area contributed by atoms with Crippen molar-refractivity contribution in [1.82, 2.24) is 0 Å². The lowest BCUT2D eigenvalue weighted by atomic mass is 9.55. The molecule has 0 amide bonds. The van der Waals surface area contributed by atoms with Crippen LogP contribution < -0.4 is 10.7 Å². The van der Waals surface area contributed by atoms with Crippen LogP contribution in [0.15, 0.2) is 18.2 Å². The highest BCUT2D eigenvalue weighted by atomic mass is 16.6. The van der Waals surface area contributed by atoms with E-state index in [4.69, 9.17) is 10.7 Å². The molecule has 0 aromatic heterocycles. The van der Waals surface area contributed by atoms with Crippen molar-refractivity contribution in [2.24, 2.45) is 23.1 Å². The summed E-state index contributed by atoms with van der Waals surface area (Å²) in [6, 6.07) is 6.34. The van der Waals surface area contributed by atoms with Gasteiger partial charge in [-0.3, -0.25) is 0 Å². The van der Waals surface area contributed by atoms with Crippen molar-refractivity contribution in [3.8, 4) is 5.75 Å². The third-order valence-electron chi connectivity index (χ3n) is 6.78. The summed E-state index contributed by atoms with van der Waals surface area (Å²) in [5.74, 6) is 8.17. The second kappa shape index (κ2) is 4.72. The Hall–Kier alpha value is -1.06. The molecule has 0 saturated heterocycles. The molecule has 21 heavy (non-hydrogen) atoms. The summed E-state index contributed by atoms with van der Waals surface area (Å²) in [6.07, 6.45) is 6.86. The Balaban J connectivity index is 1.68. The molecule has 0 unspecified atom stereocenters. The number of hydrogen-bond donors (Lipinski definition) is 2. The number of aliphatic hydroxyl groups is 1. The number of aliphatic hydroxyl groups excluding tert-OH is 1. The lowest BCUT2D eigenvalue weighted by molar-refractivity contribution is -0.0226. The van der Waals surface area contributed by atoms with Gasteiger partial charge in [0.2, 0.25) is 0 Å². The molecule has 2 saturated carbocycles. The average molecular weight is 287 g/mol. The second-order valence-corrected chi connectivity index (χ2v) is 7.53. The lowest BCUT2D eigenvalue weighted by Gasteiger charge is -2.50. The van der Waals surface area contributed by atoms with Gasteiger partial charge in [0.05, 0.1) is 6.10 Å². The Morgan fingerprint density at radius 1 is 1.24 bits per heavy atom. The van der Waals surface area contributed by atoms with Gasteiger partial charge in [0.25, 0.3) is 0 Å². The minimum Gasteiger partial charge on any atom is -0.412 e. The fourth-order valence-corrected chi connectivity index (χ4v) is 5.60. The minimum atomic E-state index is -0.0853. The predicted molar refractivity (Wildman–Crippen MR) is 81.9 cm³/mol. The number of nitrogens with two attached hydrogens (primary N) is 1. The molecular formula is C18H25NO2. The number of rotatable bonds is 1. The van der Waals surface area contributed by atoms with Gasteiger partial charge in [0, 0.05) is 0 Å². The fourth-order valence-electron chi connectivity index (χ4n) is 5.60. The number of aryl methyl sites for hydroxylation is 1. The zero-order valence-corrected chi connectivity index (χ0v) is 12.7. The number of fused-ring (bicyclic) bond motifs is 5. The van der Waals surface area contributed by atoms with Crippen LogP contribution in [0.5, 0.6) is 5.75 Å². The molecule has 3 aliphatic rings. The normalized spacial score (nSPS) is 41.1. The molecule has 4 rings (SSSR count). The standard InChI is InChI=1S/C18H25NO2/c1-18-9-8-14-13-5-3-12(21-19)10-11(13)2-4-15(14)16(18)6-7-17(18)20/h3,5,10,14-17,20H,2,4,6-9,19H2,1H3/t14-,15-,16+,17+,18+/m1/s1. The third-order valence-corrected chi connectivity index (χ3v) is 6.78. The first-order valence-corrected chi connectivity index (χ1v) is 8.31. The van der Waals surface area contributed by atoms with Crippen molar-refractivity contribution in [2.45, 2.75) is 57.5 Å². The van der Waals surface area contributed by atoms with Crippen molar-refractivity contribution in [3.63, 3.8) is 0 Å². The van der Waals surface area contributed by atoms with Crippen molar-refractivity contribution >= 4 is 0 Å². The van der Waals surface area contributed by atoms with Gasteiger partial charge in [-0.05, 0) is 85.0 Å². The number of benzene rings is 1. The van der Waals surface area contributed by atoms with Crippen LogP contribution in [0.3, 0.4) is 0 Å². The topological polar surface area (TPSA) is 55.5 Å². The van der Waals surface area contributed by atoms with Gasteiger partial charge in [-0.15, -0.1) is 0 Å². The molecule has 3 aliphatic carbocycles. The minimum absolute atomic E-state index is 0.0853. The maximum atomic E-state index is 10.4. The first-order valence-electron chi connectivity index (χ1n) is 8.31. The van der Waals surface area contributed by atoms with Gasteiger partial charge in [0.15, 0.2) is 0 Å². The first kappa shape index (κ1) is 13.6. The van der Waals surface area contributed by atoms with Crippen LogP contribution in [-0.2, 0) is 6.42 Å². The third kappa shape index (κ3) is 1.87. The van der Waals surface area contributed by atoms with Crippen LogP contribution in [0, 0.1) is 17.3 Å². The molecule has 1 aromatic rings. The van der Waals surface area contributed by atoms with Gasteiger partial charge in [-0.1, -0.05) is 13.0 Å². The summed E-state index contributed by atoms with van der Waals surface area (Å²) in [7, 11) is 0. The molecule has 5 atom stereocenters. The molecule has 0 heterocycles. The molecular weight excluding hydrogens is 262 g/mol. The van der Waals surface area contributed by atoms with E-state index in [1.54, 1.807) is 0 Å². The van der Waals surface area contributed by atoms with Gasteiger partial charge in [-0.25, -0.2) is 0 Å². The van der Waals surface area contributed by atoms with Crippen molar-refractivity contribution < 1.29 is 9.94 Å². The van der Waals surface area contributed by atoms with E-state index in [1.165, 1.54) is 30.4 Å². The van der Waals surface area contributed by atoms with Gasteiger partial charge < -0.3 is 9.94 Å². The molecule has 0 radical (unpaired) electrons. The van der Waals surface area contributed by atoms with Crippen molar-refractivity contribution in [2.75, 3.05) is 0 Å². The average Bonchev–Trinajstić information content (AvgIpc) is 2.82. The van der Waals surface area contributed by atoms with E-state index < -0.39 is 0 Å². The molecule has 0 bridgehead atoms. The highest BCUT2D eigenvalue weighted by Crippen LogP contribution is 2.60. The van der Waals surface area contributed by atoms with E-state index >= 15 is 0 Å². The first-order chi connectivity index (χ1) is 10.1. The van der Waals surface area contributed by atoms with Crippen LogP contribution in [0.1, 0.15) is 56.1 Å². The van der Waals surface area contributed by atoms with E-state index in [0.717, 1.165) is 30.9 Å². The van der Waals surface area contributed by atoms with Crippen molar-refractivity contribution in [3.05, 3.63) is 29.3 Å². The highest BCUT2D eigenvalue weighted by Gasteiger charge is 2.54. The molecule has 2 fully saturated rings. The van der Waals surface area contributed by atoms with Crippen LogP contribution in [0.25, 0.3) is 0 Å². The van der Waals surface area contributed by atoms with E-state index in [0.29, 0.717) is 11.8 Å². The zero-order valence-electron chi connectivity index (χ0n) is 12.7. The summed E-state index contributed by atoms with van der Waals surface area (Å²) < 4.78 is 0. The Morgan fingerprint density at radius 3 is 2.90 bits per heavy atom. The van der Waals surface area contributed by atoms with Crippen LogP contribution in [-0.4, -0.2) is 11.2 Å². The van der Waals surface area contributed by atoms with E-state index in [2.05, 4.69) is 19.1 Å². The molecule has 114 valence electrons. The lowest BCUT2D eigenvalue weighted by Crippen LogP contribution is -2.43. The second-order valence-electron chi connectivity index (χ2n) is 7.53. The fraction of sp³-hybridized carbons (Fsp3) is 0.667. The summed E-state index contributed by atoms with van der Waals surface area (Å²) in [5.41, 5.74) is 3.09. The summed E-state index contributed by atoms with van der Waals surface area (Å²) in [4.78, 5) is 4.88. The summed E-state index contributed by atoms with van der Waals surface area (Å²) in [5, 5.41) is 10.4. The smallest absolute Gasteiger partial charge is 0.147 e. The SMILES string of the molecule is C[C@]12CC[C@@H]3c4ccc(ON)cc4CC[C@H]3[C@@H]1CC[C@@H]2O. The van der Waals surface area contributed by atoms with E-state index in [-0.39, 0.29) is 11.5 Å². The monoisotopic (exact) mass is 287 g/mol. The maximum Gasteiger partial charge on any atom is 0.147 e. The summed E-state index contributed by atoms with van der Waals surface area (Å²) in [6.45, 7) is 2.33. The quantitative estimate of drug-likeness (QED) is 0.780. The maximum absolute atomic E-state index is 10.4. The van der Waals surface area contributed by atoms with E-state index in [1.807, 2.05) is 6.07 Å². The molecule has 3 heteroatoms. The summed E-state index contributed by atoms with van der Waals surface area (Å²) >= 11 is 0. The Morgan fingerprint density at radius 2 is 2.10 bits per heavy atom. The van der Waals surface area contributed by atoms with Crippen molar-refractivity contribution in [1.29, 1.82) is 0 Å². The van der Waals surface area contributed by atoms with Gasteiger partial charge >= 0.3 is 0 Å². The molecule has 3 N–H and O–H groups in total. The molecule has 0 aliphatic heterocycles. The molecule has 0 spiro atoms. The number of hydrogen-bond acceptors (Lipinski definition) is 3. The van der Waals surface area contributed by atoms with Crippen LogP contribution in [0.4, 0.5) is 0 Å². The Bertz CT molecular complexity index is 558. The highest BCUT2D eigenvalue weighted by molar-refractivity contribution is 5.40. The molecule has 1 aromatic carbocycles. The van der Waals surface area contributed by atoms with Crippen LogP contribution >= 0.6 is 0 Å². The van der Waals surface area contributed by atoms with E-state index in [9.17, 15) is 5.11 Å². The Kier molecular flexibility index (Phi) is 3.05. The zero-order chi connectivity index (χ0) is 14.6. The predicted octanol–water partition coefficient (Wildman–Crippen LogP) is 3.16. The van der Waals surface area contributed by atoms with Crippen LogP contribution in [0.2, 0.25) is 0 Å².